The Hall–Kier alpha value is -2.08. The van der Waals surface area contributed by atoms with Crippen molar-refractivity contribution < 1.29 is 9.47 Å². The first-order valence-electron chi connectivity index (χ1n) is 8.42. The van der Waals surface area contributed by atoms with Crippen molar-refractivity contribution in [1.82, 2.24) is 14.5 Å². The second kappa shape index (κ2) is 7.44. The van der Waals surface area contributed by atoms with Crippen molar-refractivity contribution >= 4 is 22.6 Å². The molecule has 4 rings (SSSR count). The predicted octanol–water partition coefficient (Wildman–Crippen LogP) is 3.56. The van der Waals surface area contributed by atoms with Gasteiger partial charge in [-0.25, -0.2) is 4.98 Å². The summed E-state index contributed by atoms with van der Waals surface area (Å²) in [6.07, 6.45) is 0. The van der Waals surface area contributed by atoms with E-state index < -0.39 is 0 Å². The highest BCUT2D eigenvalue weighted by Gasteiger charge is 2.16. The van der Waals surface area contributed by atoms with Crippen LogP contribution in [-0.4, -0.2) is 40.8 Å². The zero-order valence-corrected chi connectivity index (χ0v) is 14.7. The van der Waals surface area contributed by atoms with Crippen LogP contribution in [0.1, 0.15) is 5.82 Å². The first kappa shape index (κ1) is 16.4. The highest BCUT2D eigenvalue weighted by atomic mass is 35.5. The molecule has 1 fully saturated rings. The second-order valence-electron chi connectivity index (χ2n) is 6.06. The average molecular weight is 358 g/mol. The maximum Gasteiger partial charge on any atom is 0.149 e. The molecule has 1 aromatic heterocycles. The fourth-order valence-corrected chi connectivity index (χ4v) is 3.14. The van der Waals surface area contributed by atoms with E-state index in [4.69, 9.17) is 26.1 Å². The molecule has 0 unspecified atom stereocenters. The summed E-state index contributed by atoms with van der Waals surface area (Å²) in [7, 11) is 0. The molecule has 0 atom stereocenters. The lowest BCUT2D eigenvalue weighted by Gasteiger charge is -2.27. The monoisotopic (exact) mass is 357 g/mol. The lowest BCUT2D eigenvalue weighted by Crippen LogP contribution is -2.37. The number of hydrogen-bond acceptors (Lipinski definition) is 4. The highest BCUT2D eigenvalue weighted by molar-refractivity contribution is 6.30. The molecule has 0 spiro atoms. The maximum absolute atomic E-state index is 5.93. The van der Waals surface area contributed by atoms with E-state index in [0.717, 1.165) is 55.6 Å². The van der Waals surface area contributed by atoms with Crippen LogP contribution in [-0.2, 0) is 18.0 Å². The molecule has 0 aliphatic carbocycles. The maximum atomic E-state index is 5.93. The summed E-state index contributed by atoms with van der Waals surface area (Å²) in [6.45, 7) is 4.64. The number of rotatable bonds is 5. The molecule has 2 aromatic carbocycles. The zero-order chi connectivity index (χ0) is 17.1. The van der Waals surface area contributed by atoms with Crippen molar-refractivity contribution in [3.63, 3.8) is 0 Å². The summed E-state index contributed by atoms with van der Waals surface area (Å²) < 4.78 is 13.6. The molecule has 130 valence electrons. The van der Waals surface area contributed by atoms with Gasteiger partial charge in [-0.3, -0.25) is 4.90 Å². The van der Waals surface area contributed by atoms with E-state index in [1.54, 1.807) is 0 Å². The number of ether oxygens (including phenoxy) is 2. The Kier molecular flexibility index (Phi) is 4.88. The third-order valence-corrected chi connectivity index (χ3v) is 4.61. The van der Waals surface area contributed by atoms with Crippen LogP contribution in [0.2, 0.25) is 5.02 Å². The Labute approximate surface area is 151 Å². The van der Waals surface area contributed by atoms with E-state index in [9.17, 15) is 0 Å². The van der Waals surface area contributed by atoms with Gasteiger partial charge in [0.2, 0.25) is 0 Å². The molecule has 25 heavy (non-hydrogen) atoms. The molecule has 1 aliphatic rings. The Bertz CT molecular complexity index is 842. The Balaban J connectivity index is 1.58. The highest BCUT2D eigenvalue weighted by Crippen LogP contribution is 2.20. The number of halogens is 1. The molecule has 2 heterocycles. The third kappa shape index (κ3) is 3.79. The van der Waals surface area contributed by atoms with Crippen molar-refractivity contribution in [3.8, 4) is 5.75 Å². The molecular weight excluding hydrogens is 338 g/mol. The van der Waals surface area contributed by atoms with Crippen LogP contribution in [0.15, 0.2) is 48.5 Å². The minimum atomic E-state index is 0.417. The molecule has 5 nitrogen and oxygen atoms in total. The number of fused-ring (bicyclic) bond motifs is 1. The van der Waals surface area contributed by atoms with Crippen LogP contribution in [0.4, 0.5) is 0 Å². The van der Waals surface area contributed by atoms with Gasteiger partial charge in [-0.1, -0.05) is 23.7 Å². The fourth-order valence-electron chi connectivity index (χ4n) is 3.01. The van der Waals surface area contributed by atoms with Gasteiger partial charge < -0.3 is 14.0 Å². The van der Waals surface area contributed by atoms with E-state index in [-0.39, 0.29) is 0 Å². The van der Waals surface area contributed by atoms with E-state index in [0.29, 0.717) is 11.6 Å². The van der Waals surface area contributed by atoms with E-state index in [1.807, 2.05) is 42.5 Å². The van der Waals surface area contributed by atoms with Crippen LogP contribution in [0.5, 0.6) is 5.75 Å². The van der Waals surface area contributed by atoms with Gasteiger partial charge in [0.15, 0.2) is 0 Å². The Morgan fingerprint density at radius 3 is 2.60 bits per heavy atom. The summed E-state index contributed by atoms with van der Waals surface area (Å²) in [6, 6.07) is 15.6. The number of aromatic nitrogens is 2. The van der Waals surface area contributed by atoms with Crippen molar-refractivity contribution in [3.05, 3.63) is 59.4 Å². The largest absolute Gasteiger partial charge is 0.486 e. The molecule has 1 aliphatic heterocycles. The number of imidazole rings is 1. The number of morpholine rings is 1. The van der Waals surface area contributed by atoms with Crippen molar-refractivity contribution in [2.75, 3.05) is 26.3 Å². The Morgan fingerprint density at radius 1 is 1.04 bits per heavy atom. The normalized spacial score (nSPS) is 15.6. The number of hydrogen-bond donors (Lipinski definition) is 0. The first-order valence-corrected chi connectivity index (χ1v) is 8.80. The van der Waals surface area contributed by atoms with Gasteiger partial charge >= 0.3 is 0 Å². The molecule has 6 heteroatoms. The van der Waals surface area contributed by atoms with Crippen LogP contribution in [0.3, 0.4) is 0 Å². The SMILES string of the molecule is Clc1ccc(OCc2nc3ccccc3n2CN2CCOCC2)cc1. The summed E-state index contributed by atoms with van der Waals surface area (Å²) in [4.78, 5) is 7.14. The smallest absolute Gasteiger partial charge is 0.149 e. The fraction of sp³-hybridized carbons (Fsp3) is 0.316. The summed E-state index contributed by atoms with van der Waals surface area (Å²) in [5, 5.41) is 0.701. The predicted molar refractivity (Wildman–Crippen MR) is 97.9 cm³/mol. The molecule has 0 saturated carbocycles. The van der Waals surface area contributed by atoms with Crippen LogP contribution in [0, 0.1) is 0 Å². The van der Waals surface area contributed by atoms with Crippen LogP contribution < -0.4 is 4.74 Å². The molecule has 0 radical (unpaired) electrons. The van der Waals surface area contributed by atoms with E-state index >= 15 is 0 Å². The molecule has 3 aromatic rings. The van der Waals surface area contributed by atoms with Gasteiger partial charge in [0, 0.05) is 18.1 Å². The molecule has 0 bridgehead atoms. The van der Waals surface area contributed by atoms with Crippen molar-refractivity contribution in [2.45, 2.75) is 13.3 Å². The summed E-state index contributed by atoms with van der Waals surface area (Å²) >= 11 is 5.93. The minimum Gasteiger partial charge on any atom is -0.486 e. The van der Waals surface area contributed by atoms with Gasteiger partial charge in [0.1, 0.15) is 18.2 Å². The third-order valence-electron chi connectivity index (χ3n) is 4.36. The lowest BCUT2D eigenvalue weighted by molar-refractivity contribution is 0.0232. The number of para-hydroxylation sites is 2. The number of nitrogens with zero attached hydrogens (tertiary/aromatic N) is 3. The topological polar surface area (TPSA) is 39.5 Å². The molecule has 0 N–H and O–H groups in total. The zero-order valence-electron chi connectivity index (χ0n) is 13.9. The second-order valence-corrected chi connectivity index (χ2v) is 6.50. The van der Waals surface area contributed by atoms with Gasteiger partial charge in [0.25, 0.3) is 0 Å². The van der Waals surface area contributed by atoms with Gasteiger partial charge in [-0.05, 0) is 36.4 Å². The lowest BCUT2D eigenvalue weighted by atomic mass is 10.3. The van der Waals surface area contributed by atoms with Gasteiger partial charge in [-0.2, -0.15) is 0 Å². The van der Waals surface area contributed by atoms with Gasteiger partial charge in [-0.15, -0.1) is 0 Å². The minimum absolute atomic E-state index is 0.417. The average Bonchev–Trinajstić information content (AvgIpc) is 3.00. The van der Waals surface area contributed by atoms with Crippen LogP contribution in [0.25, 0.3) is 11.0 Å². The van der Waals surface area contributed by atoms with Crippen molar-refractivity contribution in [2.24, 2.45) is 0 Å². The molecular formula is C19H20ClN3O2. The standard InChI is InChI=1S/C19H20ClN3O2/c20-15-5-7-16(8-6-15)25-13-19-21-17-3-1-2-4-18(17)23(19)14-22-9-11-24-12-10-22/h1-8H,9-14H2. The van der Waals surface area contributed by atoms with Crippen LogP contribution >= 0.6 is 11.6 Å². The number of benzene rings is 2. The molecule has 1 saturated heterocycles. The van der Waals surface area contributed by atoms with Crippen molar-refractivity contribution in [1.29, 1.82) is 0 Å². The Morgan fingerprint density at radius 2 is 1.80 bits per heavy atom. The quantitative estimate of drug-likeness (QED) is 0.700. The van der Waals surface area contributed by atoms with E-state index in [2.05, 4.69) is 15.5 Å². The summed E-state index contributed by atoms with van der Waals surface area (Å²) in [5.41, 5.74) is 2.12. The van der Waals surface area contributed by atoms with E-state index in [1.165, 1.54) is 0 Å². The first-order chi connectivity index (χ1) is 12.3. The summed E-state index contributed by atoms with van der Waals surface area (Å²) in [5.74, 6) is 1.71. The van der Waals surface area contributed by atoms with Gasteiger partial charge in [0.05, 0.1) is 30.9 Å². The molecule has 0 amide bonds.